The molecule has 144 valence electrons. The van der Waals surface area contributed by atoms with Crippen molar-refractivity contribution >= 4 is 11.9 Å². The second-order valence-corrected chi connectivity index (χ2v) is 8.44. The molecule has 2 aliphatic carbocycles. The molecule has 0 unspecified atom stereocenters. The third kappa shape index (κ3) is 2.70. The van der Waals surface area contributed by atoms with E-state index in [4.69, 9.17) is 9.47 Å². The smallest absolute Gasteiger partial charge is 0.334 e. The molecule has 0 spiro atoms. The summed E-state index contributed by atoms with van der Waals surface area (Å²) in [5.41, 5.74) is -1.16. The van der Waals surface area contributed by atoms with Gasteiger partial charge in [-0.2, -0.15) is 0 Å². The molecule has 1 saturated heterocycles. The molecule has 3 fully saturated rings. The minimum absolute atomic E-state index is 0.267. The highest BCUT2D eigenvalue weighted by Gasteiger charge is 2.66. The van der Waals surface area contributed by atoms with Crippen molar-refractivity contribution in [1.82, 2.24) is 0 Å². The maximum atomic E-state index is 12.5. The van der Waals surface area contributed by atoms with Gasteiger partial charge in [-0.15, -0.1) is 0 Å². The number of carbonyl (C=O) groups excluding carboxylic acids is 2. The normalized spacial score (nSPS) is 45.6. The van der Waals surface area contributed by atoms with Gasteiger partial charge < -0.3 is 19.7 Å². The Labute approximate surface area is 153 Å². The SMILES string of the molecule is C=C1C(=O)O[C@H]2C[C@@]3(C)[C@H](O)CC[C@@](C)(O)[C@@H]3[C@@H](OC(=O)/C(C)=C\C)[C@H]12. The average Bonchev–Trinajstić information content (AvgIpc) is 2.84. The van der Waals surface area contributed by atoms with E-state index in [1.807, 2.05) is 6.92 Å². The van der Waals surface area contributed by atoms with Crippen LogP contribution in [0.1, 0.15) is 47.0 Å². The summed E-state index contributed by atoms with van der Waals surface area (Å²) >= 11 is 0. The number of ether oxygens (including phenoxy) is 2. The zero-order chi connectivity index (χ0) is 19.4. The van der Waals surface area contributed by atoms with Gasteiger partial charge in [-0.25, -0.2) is 9.59 Å². The molecule has 26 heavy (non-hydrogen) atoms. The molecular formula is C20H28O6. The number of fused-ring (bicyclic) bond motifs is 2. The first-order valence-corrected chi connectivity index (χ1v) is 9.17. The van der Waals surface area contributed by atoms with Crippen molar-refractivity contribution in [2.24, 2.45) is 17.3 Å². The van der Waals surface area contributed by atoms with E-state index >= 15 is 0 Å². The lowest BCUT2D eigenvalue weighted by Gasteiger charge is -2.59. The fraction of sp³-hybridized carbons (Fsp3) is 0.700. The van der Waals surface area contributed by atoms with Crippen molar-refractivity contribution in [3.8, 4) is 0 Å². The van der Waals surface area contributed by atoms with E-state index in [2.05, 4.69) is 6.58 Å². The van der Waals surface area contributed by atoms with E-state index in [9.17, 15) is 19.8 Å². The van der Waals surface area contributed by atoms with Crippen molar-refractivity contribution in [2.75, 3.05) is 0 Å². The Bertz CT molecular complexity index is 678. The van der Waals surface area contributed by atoms with Gasteiger partial charge in [0.15, 0.2) is 0 Å². The number of carbonyl (C=O) groups is 2. The lowest BCUT2D eigenvalue weighted by Crippen LogP contribution is -2.65. The molecule has 2 N–H and O–H groups in total. The van der Waals surface area contributed by atoms with E-state index in [-0.39, 0.29) is 5.57 Å². The fourth-order valence-corrected chi connectivity index (χ4v) is 5.17. The molecule has 0 aromatic heterocycles. The zero-order valence-electron chi connectivity index (χ0n) is 15.8. The molecule has 0 aromatic rings. The molecule has 0 bridgehead atoms. The number of hydrogen-bond acceptors (Lipinski definition) is 6. The lowest BCUT2D eigenvalue weighted by molar-refractivity contribution is -0.234. The largest absolute Gasteiger partial charge is 0.458 e. The number of allylic oxidation sites excluding steroid dienone is 1. The third-order valence-corrected chi connectivity index (χ3v) is 6.71. The van der Waals surface area contributed by atoms with Crippen LogP contribution in [0.2, 0.25) is 0 Å². The standard InChI is InChI=1S/C20H28O6/c1-6-10(2)17(22)26-15-14-11(3)18(23)25-12(14)9-19(4)13(21)7-8-20(5,24)16(15)19/h6,12-16,21,24H,3,7-9H2,1-2,4-5H3/b10-6-/t12-,13+,14+,15-,16+,19-,20+/m0/s1. The van der Waals surface area contributed by atoms with Crippen LogP contribution in [0.25, 0.3) is 0 Å². The molecule has 0 amide bonds. The predicted molar refractivity (Wildman–Crippen MR) is 93.9 cm³/mol. The van der Waals surface area contributed by atoms with Crippen LogP contribution in [0.15, 0.2) is 23.8 Å². The minimum Gasteiger partial charge on any atom is -0.458 e. The number of esters is 2. The van der Waals surface area contributed by atoms with Gasteiger partial charge in [0, 0.05) is 22.5 Å². The van der Waals surface area contributed by atoms with Crippen LogP contribution in [0.3, 0.4) is 0 Å². The van der Waals surface area contributed by atoms with Crippen LogP contribution in [0, 0.1) is 17.3 Å². The Hall–Kier alpha value is -1.66. The zero-order valence-corrected chi connectivity index (χ0v) is 15.8. The first-order chi connectivity index (χ1) is 12.0. The summed E-state index contributed by atoms with van der Waals surface area (Å²) in [5.74, 6) is -2.03. The van der Waals surface area contributed by atoms with Crippen molar-refractivity contribution in [2.45, 2.75) is 70.9 Å². The van der Waals surface area contributed by atoms with E-state index < -0.39 is 53.1 Å². The van der Waals surface area contributed by atoms with Crippen molar-refractivity contribution in [1.29, 1.82) is 0 Å². The maximum absolute atomic E-state index is 12.5. The second-order valence-electron chi connectivity index (χ2n) is 8.44. The summed E-state index contributed by atoms with van der Waals surface area (Å²) in [7, 11) is 0. The second kappa shape index (κ2) is 6.20. The molecule has 0 radical (unpaired) electrons. The summed E-state index contributed by atoms with van der Waals surface area (Å²) in [6, 6.07) is 0. The Kier molecular flexibility index (Phi) is 4.56. The first kappa shape index (κ1) is 19.1. The molecule has 1 aliphatic heterocycles. The Morgan fingerprint density at radius 3 is 2.69 bits per heavy atom. The van der Waals surface area contributed by atoms with Crippen molar-refractivity contribution in [3.05, 3.63) is 23.8 Å². The predicted octanol–water partition coefficient (Wildman–Crippen LogP) is 1.89. The van der Waals surface area contributed by atoms with Crippen LogP contribution in [0.5, 0.6) is 0 Å². The highest BCUT2D eigenvalue weighted by molar-refractivity contribution is 5.91. The van der Waals surface area contributed by atoms with Gasteiger partial charge in [-0.05, 0) is 40.0 Å². The number of aliphatic hydroxyl groups excluding tert-OH is 1. The molecular weight excluding hydrogens is 336 g/mol. The Morgan fingerprint density at radius 1 is 1.42 bits per heavy atom. The maximum Gasteiger partial charge on any atom is 0.334 e. The van der Waals surface area contributed by atoms with Gasteiger partial charge in [0.1, 0.15) is 12.2 Å². The molecule has 3 rings (SSSR count). The van der Waals surface area contributed by atoms with Crippen LogP contribution in [-0.2, 0) is 19.1 Å². The van der Waals surface area contributed by atoms with E-state index in [0.29, 0.717) is 24.8 Å². The summed E-state index contributed by atoms with van der Waals surface area (Å²) < 4.78 is 11.3. The Balaban J connectivity index is 2.08. The summed E-state index contributed by atoms with van der Waals surface area (Å²) in [5, 5.41) is 21.9. The highest BCUT2D eigenvalue weighted by atomic mass is 16.6. The molecule has 6 nitrogen and oxygen atoms in total. The van der Waals surface area contributed by atoms with Crippen LogP contribution in [-0.4, -0.2) is 46.1 Å². The van der Waals surface area contributed by atoms with Crippen molar-refractivity contribution < 1.29 is 29.3 Å². The van der Waals surface area contributed by atoms with Crippen LogP contribution < -0.4 is 0 Å². The monoisotopic (exact) mass is 364 g/mol. The molecule has 7 atom stereocenters. The molecule has 2 saturated carbocycles. The molecule has 3 aliphatic rings. The summed E-state index contributed by atoms with van der Waals surface area (Å²) in [6.07, 6.45) is 0.922. The van der Waals surface area contributed by atoms with Crippen LogP contribution >= 0.6 is 0 Å². The van der Waals surface area contributed by atoms with Gasteiger partial charge in [0.05, 0.1) is 17.6 Å². The summed E-state index contributed by atoms with van der Waals surface area (Å²) in [4.78, 5) is 24.6. The van der Waals surface area contributed by atoms with E-state index in [1.54, 1.807) is 26.8 Å². The van der Waals surface area contributed by atoms with Gasteiger partial charge in [0.2, 0.25) is 0 Å². The van der Waals surface area contributed by atoms with Gasteiger partial charge >= 0.3 is 11.9 Å². The molecule has 6 heteroatoms. The average molecular weight is 364 g/mol. The van der Waals surface area contributed by atoms with Gasteiger partial charge in [-0.3, -0.25) is 0 Å². The van der Waals surface area contributed by atoms with Gasteiger partial charge in [0.25, 0.3) is 0 Å². The van der Waals surface area contributed by atoms with E-state index in [0.717, 1.165) is 0 Å². The number of rotatable bonds is 2. The number of aliphatic hydroxyl groups is 2. The third-order valence-electron chi connectivity index (χ3n) is 6.71. The summed E-state index contributed by atoms with van der Waals surface area (Å²) in [6.45, 7) is 10.8. The fourth-order valence-electron chi connectivity index (χ4n) is 5.17. The van der Waals surface area contributed by atoms with Crippen molar-refractivity contribution in [3.63, 3.8) is 0 Å². The quantitative estimate of drug-likeness (QED) is 0.574. The van der Waals surface area contributed by atoms with Gasteiger partial charge in [-0.1, -0.05) is 19.6 Å². The molecule has 1 heterocycles. The van der Waals surface area contributed by atoms with Crippen LogP contribution in [0.4, 0.5) is 0 Å². The lowest BCUT2D eigenvalue weighted by atomic mass is 9.50. The van der Waals surface area contributed by atoms with E-state index in [1.165, 1.54) is 0 Å². The molecule has 0 aromatic carbocycles. The Morgan fingerprint density at radius 2 is 2.08 bits per heavy atom. The first-order valence-electron chi connectivity index (χ1n) is 9.17. The number of hydrogen-bond donors (Lipinski definition) is 2. The highest BCUT2D eigenvalue weighted by Crippen LogP contribution is 2.59. The topological polar surface area (TPSA) is 93.1 Å². The minimum atomic E-state index is -1.14.